The number of aryl methyl sites for hydroxylation is 1. The van der Waals surface area contributed by atoms with Crippen molar-refractivity contribution in [1.29, 1.82) is 0 Å². The van der Waals surface area contributed by atoms with E-state index in [1.54, 1.807) is 0 Å². The van der Waals surface area contributed by atoms with Crippen LogP contribution in [-0.4, -0.2) is 5.11 Å². The fourth-order valence-corrected chi connectivity index (χ4v) is 3.20. The van der Waals surface area contributed by atoms with Gasteiger partial charge in [-0.1, -0.05) is 90.2 Å². The Morgan fingerprint density at radius 2 is 1.27 bits per heavy atom. The molecule has 0 fully saturated rings. The van der Waals surface area contributed by atoms with E-state index in [-0.39, 0.29) is 0 Å². The first-order valence-electron chi connectivity index (χ1n) is 9.59. The minimum atomic E-state index is 0.492. The Kier molecular flexibility index (Phi) is 10.9. The van der Waals surface area contributed by atoms with Gasteiger partial charge in [0.15, 0.2) is 0 Å². The third-order valence-corrected chi connectivity index (χ3v) is 4.55. The predicted molar refractivity (Wildman–Crippen MR) is 97.6 cm³/mol. The van der Waals surface area contributed by atoms with Gasteiger partial charge in [-0.05, 0) is 36.5 Å². The molecular formula is C21H36O. The molecule has 0 radical (unpaired) electrons. The zero-order valence-electron chi connectivity index (χ0n) is 14.9. The van der Waals surface area contributed by atoms with Crippen LogP contribution in [0, 0.1) is 0 Å². The first-order valence-corrected chi connectivity index (χ1v) is 9.59. The molecule has 0 aliphatic rings. The number of hydrogen-bond donors (Lipinski definition) is 1. The van der Waals surface area contributed by atoms with Gasteiger partial charge in [-0.3, -0.25) is 0 Å². The average Bonchev–Trinajstić information content (AvgIpc) is 2.52. The first kappa shape index (κ1) is 19.1. The predicted octanol–water partition coefficient (Wildman–Crippen LogP) is 6.81. The topological polar surface area (TPSA) is 20.2 Å². The summed E-state index contributed by atoms with van der Waals surface area (Å²) in [5, 5.41) is 9.98. The average molecular weight is 305 g/mol. The van der Waals surface area contributed by atoms with Crippen molar-refractivity contribution in [3.05, 3.63) is 29.3 Å². The Morgan fingerprint density at radius 1 is 0.682 bits per heavy atom. The van der Waals surface area contributed by atoms with Crippen LogP contribution < -0.4 is 0 Å². The van der Waals surface area contributed by atoms with Gasteiger partial charge in [0, 0.05) is 0 Å². The first-order chi connectivity index (χ1) is 10.8. The van der Waals surface area contributed by atoms with Gasteiger partial charge in [0.25, 0.3) is 0 Å². The molecule has 1 aromatic carbocycles. The molecule has 1 heteroatoms. The lowest BCUT2D eigenvalue weighted by molar-refractivity contribution is 0.466. The number of hydrogen-bond acceptors (Lipinski definition) is 1. The molecule has 126 valence electrons. The van der Waals surface area contributed by atoms with E-state index in [4.69, 9.17) is 0 Å². The lowest BCUT2D eigenvalue weighted by Crippen LogP contribution is -1.95. The van der Waals surface area contributed by atoms with Gasteiger partial charge in [0.05, 0.1) is 0 Å². The Hall–Kier alpha value is -0.980. The Morgan fingerprint density at radius 3 is 1.86 bits per heavy atom. The summed E-state index contributed by atoms with van der Waals surface area (Å²) < 4.78 is 0. The fraction of sp³-hybridized carbons (Fsp3) is 0.714. The molecule has 0 aromatic heterocycles. The molecule has 0 unspecified atom stereocenters. The van der Waals surface area contributed by atoms with Crippen LogP contribution in [0.5, 0.6) is 5.75 Å². The van der Waals surface area contributed by atoms with Crippen LogP contribution in [0.25, 0.3) is 0 Å². The van der Waals surface area contributed by atoms with E-state index in [1.165, 1.54) is 75.3 Å². The van der Waals surface area contributed by atoms with Gasteiger partial charge < -0.3 is 5.11 Å². The summed E-state index contributed by atoms with van der Waals surface area (Å²) in [4.78, 5) is 0. The molecule has 0 atom stereocenters. The molecule has 0 saturated heterocycles. The van der Waals surface area contributed by atoms with E-state index in [2.05, 4.69) is 19.9 Å². The number of rotatable bonds is 13. The zero-order chi connectivity index (χ0) is 16.0. The highest BCUT2D eigenvalue weighted by molar-refractivity contribution is 5.39. The van der Waals surface area contributed by atoms with E-state index in [9.17, 15) is 5.11 Å². The van der Waals surface area contributed by atoms with Crippen molar-refractivity contribution in [2.75, 3.05) is 0 Å². The van der Waals surface area contributed by atoms with Crippen molar-refractivity contribution in [1.82, 2.24) is 0 Å². The van der Waals surface area contributed by atoms with Gasteiger partial charge in [-0.15, -0.1) is 0 Å². The van der Waals surface area contributed by atoms with Crippen LogP contribution in [0.1, 0.15) is 95.6 Å². The number of unbranched alkanes of at least 4 members (excludes halogenated alkanes) is 9. The molecule has 0 saturated carbocycles. The minimum absolute atomic E-state index is 0.492. The summed E-state index contributed by atoms with van der Waals surface area (Å²) >= 11 is 0. The lowest BCUT2D eigenvalue weighted by atomic mass is 9.97. The van der Waals surface area contributed by atoms with Gasteiger partial charge in [0.1, 0.15) is 5.75 Å². The highest BCUT2D eigenvalue weighted by Crippen LogP contribution is 2.24. The van der Waals surface area contributed by atoms with Crippen LogP contribution in [0.3, 0.4) is 0 Å². The smallest absolute Gasteiger partial charge is 0.119 e. The number of phenols is 1. The Bertz CT molecular complexity index is 383. The quantitative estimate of drug-likeness (QED) is 0.397. The van der Waals surface area contributed by atoms with E-state index in [1.807, 2.05) is 12.1 Å². The van der Waals surface area contributed by atoms with Crippen LogP contribution in [0.15, 0.2) is 18.2 Å². The van der Waals surface area contributed by atoms with Crippen LogP contribution in [0.4, 0.5) is 0 Å². The largest absolute Gasteiger partial charge is 0.508 e. The molecular weight excluding hydrogens is 268 g/mol. The molecule has 1 rings (SSSR count). The monoisotopic (exact) mass is 304 g/mol. The molecule has 0 spiro atoms. The maximum absolute atomic E-state index is 9.98. The summed E-state index contributed by atoms with van der Waals surface area (Å²) in [6.45, 7) is 4.45. The van der Waals surface area contributed by atoms with Gasteiger partial charge >= 0.3 is 0 Å². The van der Waals surface area contributed by atoms with Crippen LogP contribution >= 0.6 is 0 Å². The SMILES string of the molecule is CCCCCCCCCCCCc1cccc(O)c1CCC. The van der Waals surface area contributed by atoms with Crippen molar-refractivity contribution in [2.45, 2.75) is 97.3 Å². The van der Waals surface area contributed by atoms with E-state index in [0.29, 0.717) is 5.75 Å². The zero-order valence-corrected chi connectivity index (χ0v) is 14.9. The molecule has 1 aromatic rings. The van der Waals surface area contributed by atoms with E-state index >= 15 is 0 Å². The molecule has 0 aliphatic heterocycles. The summed E-state index contributed by atoms with van der Waals surface area (Å²) in [7, 11) is 0. The Balaban J connectivity index is 2.11. The second kappa shape index (κ2) is 12.6. The molecule has 1 nitrogen and oxygen atoms in total. The van der Waals surface area contributed by atoms with Gasteiger partial charge in [0.2, 0.25) is 0 Å². The van der Waals surface area contributed by atoms with Crippen molar-refractivity contribution >= 4 is 0 Å². The minimum Gasteiger partial charge on any atom is -0.508 e. The van der Waals surface area contributed by atoms with Gasteiger partial charge in [-0.25, -0.2) is 0 Å². The second-order valence-corrected chi connectivity index (χ2v) is 6.60. The van der Waals surface area contributed by atoms with Crippen molar-refractivity contribution in [3.8, 4) is 5.75 Å². The molecule has 1 N–H and O–H groups in total. The lowest BCUT2D eigenvalue weighted by Gasteiger charge is -2.10. The normalized spacial score (nSPS) is 11.0. The molecule has 0 aliphatic carbocycles. The standard InChI is InChI=1S/C21H36O/c1-3-5-6-7-8-9-10-11-12-13-16-19-17-14-18-21(22)20(19)15-4-2/h14,17-18,22H,3-13,15-16H2,1-2H3. The third-order valence-electron chi connectivity index (χ3n) is 4.55. The fourth-order valence-electron chi connectivity index (χ4n) is 3.20. The maximum atomic E-state index is 9.98. The molecule has 0 heterocycles. The van der Waals surface area contributed by atoms with E-state index < -0.39 is 0 Å². The second-order valence-electron chi connectivity index (χ2n) is 6.60. The van der Waals surface area contributed by atoms with Crippen molar-refractivity contribution in [3.63, 3.8) is 0 Å². The Labute approximate surface area is 138 Å². The molecule has 0 amide bonds. The highest BCUT2D eigenvalue weighted by Gasteiger charge is 2.06. The summed E-state index contributed by atoms with van der Waals surface area (Å²) in [6.07, 6.45) is 17.0. The third kappa shape index (κ3) is 7.87. The summed E-state index contributed by atoms with van der Waals surface area (Å²) in [5.41, 5.74) is 2.54. The number of phenolic OH excluding ortho intramolecular Hbond substituents is 1. The molecule has 0 bridgehead atoms. The number of benzene rings is 1. The highest BCUT2D eigenvalue weighted by atomic mass is 16.3. The molecule has 22 heavy (non-hydrogen) atoms. The van der Waals surface area contributed by atoms with Crippen molar-refractivity contribution in [2.24, 2.45) is 0 Å². The van der Waals surface area contributed by atoms with Crippen LogP contribution in [0.2, 0.25) is 0 Å². The number of aromatic hydroxyl groups is 1. The van der Waals surface area contributed by atoms with Gasteiger partial charge in [-0.2, -0.15) is 0 Å². The van der Waals surface area contributed by atoms with E-state index in [0.717, 1.165) is 19.3 Å². The van der Waals surface area contributed by atoms with Crippen molar-refractivity contribution < 1.29 is 5.11 Å². The maximum Gasteiger partial charge on any atom is 0.119 e. The summed E-state index contributed by atoms with van der Waals surface area (Å²) in [6, 6.07) is 6.01. The van der Waals surface area contributed by atoms with Crippen LogP contribution in [-0.2, 0) is 12.8 Å². The summed E-state index contributed by atoms with van der Waals surface area (Å²) in [5.74, 6) is 0.492.